The standard InChI is InChI=1S/C23H35N3O2/c1-5-12-25(13-6-2)21(27)23(10-11-23)22(28)26-16-14-24(15-17-26)20-9-7-8-18(3)19(20)4/h7-9H,5-6,10-17H2,1-4H3. The van der Waals surface area contributed by atoms with Crippen molar-refractivity contribution in [1.29, 1.82) is 0 Å². The van der Waals surface area contributed by atoms with Crippen LogP contribution >= 0.6 is 0 Å². The van der Waals surface area contributed by atoms with Crippen LogP contribution in [0.25, 0.3) is 0 Å². The molecule has 1 aromatic rings. The molecule has 0 unspecified atom stereocenters. The maximum Gasteiger partial charge on any atom is 0.238 e. The monoisotopic (exact) mass is 385 g/mol. The Balaban J connectivity index is 1.65. The van der Waals surface area contributed by atoms with Crippen LogP contribution in [0.4, 0.5) is 5.69 Å². The Hall–Kier alpha value is -2.04. The summed E-state index contributed by atoms with van der Waals surface area (Å²) in [6.07, 6.45) is 3.30. The molecule has 5 nitrogen and oxygen atoms in total. The van der Waals surface area contributed by atoms with Gasteiger partial charge in [0.1, 0.15) is 5.41 Å². The second-order valence-electron chi connectivity index (χ2n) is 8.37. The van der Waals surface area contributed by atoms with E-state index in [0.717, 1.165) is 39.0 Å². The molecular formula is C23H35N3O2. The van der Waals surface area contributed by atoms with E-state index in [1.165, 1.54) is 16.8 Å². The predicted molar refractivity (Wildman–Crippen MR) is 114 cm³/mol. The van der Waals surface area contributed by atoms with Crippen LogP contribution in [0.5, 0.6) is 0 Å². The Morgan fingerprint density at radius 1 is 1.00 bits per heavy atom. The molecule has 5 heteroatoms. The zero-order valence-electron chi connectivity index (χ0n) is 18.0. The van der Waals surface area contributed by atoms with Crippen LogP contribution < -0.4 is 4.90 Å². The molecule has 1 aromatic carbocycles. The van der Waals surface area contributed by atoms with E-state index in [1.54, 1.807) is 0 Å². The minimum atomic E-state index is -0.758. The van der Waals surface area contributed by atoms with Gasteiger partial charge in [0.15, 0.2) is 0 Å². The Morgan fingerprint density at radius 2 is 1.61 bits per heavy atom. The molecule has 0 N–H and O–H groups in total. The summed E-state index contributed by atoms with van der Waals surface area (Å²) in [7, 11) is 0. The number of hydrogen-bond acceptors (Lipinski definition) is 3. The summed E-state index contributed by atoms with van der Waals surface area (Å²) in [5.74, 6) is 0.133. The Labute approximate surface area is 169 Å². The van der Waals surface area contributed by atoms with Crippen LogP contribution in [0, 0.1) is 19.3 Å². The molecule has 3 rings (SSSR count). The molecule has 1 aliphatic heterocycles. The van der Waals surface area contributed by atoms with Crippen molar-refractivity contribution in [3.05, 3.63) is 29.3 Å². The van der Waals surface area contributed by atoms with Gasteiger partial charge in [0, 0.05) is 45.0 Å². The van der Waals surface area contributed by atoms with Gasteiger partial charge in [0.2, 0.25) is 11.8 Å². The third kappa shape index (κ3) is 3.89. The molecule has 1 aliphatic carbocycles. The summed E-state index contributed by atoms with van der Waals surface area (Å²) in [5, 5.41) is 0. The van der Waals surface area contributed by atoms with Gasteiger partial charge in [-0.3, -0.25) is 9.59 Å². The minimum Gasteiger partial charge on any atom is -0.368 e. The highest BCUT2D eigenvalue weighted by Crippen LogP contribution is 2.49. The van der Waals surface area contributed by atoms with Crippen molar-refractivity contribution in [3.8, 4) is 0 Å². The average Bonchev–Trinajstić information content (AvgIpc) is 3.51. The highest BCUT2D eigenvalue weighted by molar-refractivity contribution is 6.08. The van der Waals surface area contributed by atoms with Crippen LogP contribution in [0.3, 0.4) is 0 Å². The van der Waals surface area contributed by atoms with Gasteiger partial charge in [0.25, 0.3) is 0 Å². The lowest BCUT2D eigenvalue weighted by Gasteiger charge is -2.39. The number of benzene rings is 1. The largest absolute Gasteiger partial charge is 0.368 e. The zero-order valence-corrected chi connectivity index (χ0v) is 18.0. The van der Waals surface area contributed by atoms with Crippen molar-refractivity contribution in [2.24, 2.45) is 5.41 Å². The molecule has 0 atom stereocenters. The number of rotatable bonds is 7. The molecule has 0 radical (unpaired) electrons. The van der Waals surface area contributed by atoms with E-state index in [4.69, 9.17) is 0 Å². The van der Waals surface area contributed by atoms with E-state index in [2.05, 4.69) is 50.8 Å². The smallest absolute Gasteiger partial charge is 0.238 e. The van der Waals surface area contributed by atoms with E-state index >= 15 is 0 Å². The van der Waals surface area contributed by atoms with E-state index in [1.807, 2.05) is 9.80 Å². The summed E-state index contributed by atoms with van der Waals surface area (Å²) >= 11 is 0. The van der Waals surface area contributed by atoms with Gasteiger partial charge in [-0.25, -0.2) is 0 Å². The summed E-state index contributed by atoms with van der Waals surface area (Å²) < 4.78 is 0. The van der Waals surface area contributed by atoms with Crippen LogP contribution in [0.2, 0.25) is 0 Å². The van der Waals surface area contributed by atoms with Gasteiger partial charge in [-0.15, -0.1) is 0 Å². The van der Waals surface area contributed by atoms with Gasteiger partial charge in [-0.05, 0) is 56.7 Å². The lowest BCUT2D eigenvalue weighted by molar-refractivity contribution is -0.149. The van der Waals surface area contributed by atoms with Crippen LogP contribution in [-0.2, 0) is 9.59 Å². The van der Waals surface area contributed by atoms with Crippen molar-refractivity contribution < 1.29 is 9.59 Å². The summed E-state index contributed by atoms with van der Waals surface area (Å²) in [4.78, 5) is 32.6. The molecule has 1 heterocycles. The van der Waals surface area contributed by atoms with Gasteiger partial charge in [-0.1, -0.05) is 26.0 Å². The number of aryl methyl sites for hydroxylation is 1. The number of piperazine rings is 1. The SMILES string of the molecule is CCCN(CCC)C(=O)C1(C(=O)N2CCN(c3cccc(C)c3C)CC2)CC1. The molecule has 0 aromatic heterocycles. The molecular weight excluding hydrogens is 350 g/mol. The molecule has 28 heavy (non-hydrogen) atoms. The molecule has 0 bridgehead atoms. The highest BCUT2D eigenvalue weighted by Gasteiger charge is 2.59. The molecule has 2 aliphatic rings. The predicted octanol–water partition coefficient (Wildman–Crippen LogP) is 3.38. The third-order valence-electron chi connectivity index (χ3n) is 6.33. The molecule has 0 spiro atoms. The maximum atomic E-state index is 13.3. The second kappa shape index (κ2) is 8.54. The number of carbonyl (C=O) groups is 2. The van der Waals surface area contributed by atoms with E-state index in [0.29, 0.717) is 25.9 Å². The van der Waals surface area contributed by atoms with Crippen LogP contribution in [0.15, 0.2) is 18.2 Å². The van der Waals surface area contributed by atoms with Crippen LogP contribution in [0.1, 0.15) is 50.7 Å². The molecule has 2 fully saturated rings. The normalized spacial score (nSPS) is 18.1. The second-order valence-corrected chi connectivity index (χ2v) is 8.37. The molecule has 1 saturated heterocycles. The Bertz CT molecular complexity index is 713. The first-order chi connectivity index (χ1) is 13.4. The fourth-order valence-electron chi connectivity index (χ4n) is 4.33. The zero-order chi connectivity index (χ0) is 20.3. The third-order valence-corrected chi connectivity index (χ3v) is 6.33. The summed E-state index contributed by atoms with van der Waals surface area (Å²) in [6, 6.07) is 6.40. The molecule has 1 saturated carbocycles. The van der Waals surface area contributed by atoms with Gasteiger partial charge in [-0.2, -0.15) is 0 Å². The molecule has 2 amide bonds. The Morgan fingerprint density at radius 3 is 2.14 bits per heavy atom. The lowest BCUT2D eigenvalue weighted by atomic mass is 10.0. The number of hydrogen-bond donors (Lipinski definition) is 0. The average molecular weight is 386 g/mol. The summed E-state index contributed by atoms with van der Waals surface area (Å²) in [5.41, 5.74) is 3.11. The summed E-state index contributed by atoms with van der Waals surface area (Å²) in [6.45, 7) is 13.0. The Kier molecular flexibility index (Phi) is 6.31. The number of anilines is 1. The quantitative estimate of drug-likeness (QED) is 0.676. The fourth-order valence-corrected chi connectivity index (χ4v) is 4.33. The topological polar surface area (TPSA) is 43.9 Å². The fraction of sp³-hybridized carbons (Fsp3) is 0.652. The van der Waals surface area contributed by atoms with Crippen LogP contribution in [-0.4, -0.2) is 60.9 Å². The van der Waals surface area contributed by atoms with E-state index in [9.17, 15) is 9.59 Å². The number of carbonyl (C=O) groups excluding carboxylic acids is 2. The maximum absolute atomic E-state index is 13.3. The first kappa shape index (κ1) is 20.7. The molecule has 154 valence electrons. The number of nitrogens with zero attached hydrogens (tertiary/aromatic N) is 3. The van der Waals surface area contributed by atoms with E-state index in [-0.39, 0.29) is 11.8 Å². The van der Waals surface area contributed by atoms with Gasteiger partial charge >= 0.3 is 0 Å². The van der Waals surface area contributed by atoms with Gasteiger partial charge in [0.05, 0.1) is 0 Å². The lowest BCUT2D eigenvalue weighted by Crippen LogP contribution is -2.54. The van der Waals surface area contributed by atoms with E-state index < -0.39 is 5.41 Å². The minimum absolute atomic E-state index is 0.0651. The van der Waals surface area contributed by atoms with Crippen molar-refractivity contribution in [2.45, 2.75) is 53.4 Å². The van der Waals surface area contributed by atoms with Crippen molar-refractivity contribution in [2.75, 3.05) is 44.2 Å². The van der Waals surface area contributed by atoms with Crippen molar-refractivity contribution in [1.82, 2.24) is 9.80 Å². The van der Waals surface area contributed by atoms with Gasteiger partial charge < -0.3 is 14.7 Å². The first-order valence-corrected chi connectivity index (χ1v) is 10.8. The highest BCUT2D eigenvalue weighted by atomic mass is 16.2. The van der Waals surface area contributed by atoms with Crippen molar-refractivity contribution >= 4 is 17.5 Å². The van der Waals surface area contributed by atoms with Crippen molar-refractivity contribution in [3.63, 3.8) is 0 Å². The number of amides is 2. The first-order valence-electron chi connectivity index (χ1n) is 10.8.